The summed E-state index contributed by atoms with van der Waals surface area (Å²) in [6.45, 7) is 0.374. The van der Waals surface area contributed by atoms with Crippen molar-refractivity contribution < 1.29 is 4.74 Å². The molecular formula is C9H6Cl3NOS. The van der Waals surface area contributed by atoms with Gasteiger partial charge in [-0.25, -0.2) is 0 Å². The molecular weight excluding hydrogens is 277 g/mol. The van der Waals surface area contributed by atoms with Gasteiger partial charge in [-0.15, -0.1) is 0 Å². The van der Waals surface area contributed by atoms with Gasteiger partial charge in [-0.05, 0) is 23.9 Å². The lowest BCUT2D eigenvalue weighted by atomic mass is 10.3. The Bertz CT molecular complexity index is 368. The van der Waals surface area contributed by atoms with Crippen molar-refractivity contribution >= 4 is 46.6 Å². The molecule has 1 rings (SSSR count). The first-order valence-electron chi connectivity index (χ1n) is 3.93. The summed E-state index contributed by atoms with van der Waals surface area (Å²) in [5, 5.41) is 11.4. The molecule has 0 N–H and O–H groups in total. The Labute approximate surface area is 107 Å². The molecule has 0 aliphatic rings. The maximum atomic E-state index is 8.30. The lowest BCUT2D eigenvalue weighted by Gasteiger charge is -2.08. The van der Waals surface area contributed by atoms with Crippen LogP contribution in [0.2, 0.25) is 15.1 Å². The highest BCUT2D eigenvalue weighted by molar-refractivity contribution is 8.03. The summed E-state index contributed by atoms with van der Waals surface area (Å²) in [5.74, 6) is 0.965. The zero-order chi connectivity index (χ0) is 11.3. The van der Waals surface area contributed by atoms with Crippen LogP contribution < -0.4 is 4.74 Å². The van der Waals surface area contributed by atoms with E-state index in [1.54, 1.807) is 12.1 Å². The van der Waals surface area contributed by atoms with Crippen LogP contribution in [0.1, 0.15) is 0 Å². The Morgan fingerprint density at radius 1 is 1.27 bits per heavy atom. The molecule has 0 aliphatic carbocycles. The summed E-state index contributed by atoms with van der Waals surface area (Å²) >= 11 is 18.6. The minimum absolute atomic E-state index is 0.370. The third-order valence-electron chi connectivity index (χ3n) is 1.46. The predicted octanol–water partition coefficient (Wildman–Crippen LogP) is 4.24. The smallest absolute Gasteiger partial charge is 0.156 e. The first kappa shape index (κ1) is 12.8. The number of thiocyanates is 1. The molecule has 1 aromatic rings. The average molecular weight is 283 g/mol. The molecule has 0 radical (unpaired) electrons. The summed E-state index contributed by atoms with van der Waals surface area (Å²) in [6.07, 6.45) is 0. The molecule has 0 spiro atoms. The van der Waals surface area contributed by atoms with Crippen molar-refractivity contribution in [3.63, 3.8) is 0 Å². The van der Waals surface area contributed by atoms with E-state index in [-0.39, 0.29) is 0 Å². The van der Waals surface area contributed by atoms with Crippen LogP contribution in [0.4, 0.5) is 0 Å². The van der Waals surface area contributed by atoms with Crippen LogP contribution in [0, 0.1) is 10.7 Å². The Morgan fingerprint density at radius 2 is 1.87 bits per heavy atom. The van der Waals surface area contributed by atoms with E-state index in [2.05, 4.69) is 0 Å². The topological polar surface area (TPSA) is 33.0 Å². The summed E-state index contributed by atoms with van der Waals surface area (Å²) in [7, 11) is 0. The summed E-state index contributed by atoms with van der Waals surface area (Å²) in [4.78, 5) is 0. The second-order valence-corrected chi connectivity index (χ2v) is 4.62. The highest BCUT2D eigenvalue weighted by Crippen LogP contribution is 2.35. The molecule has 0 fully saturated rings. The van der Waals surface area contributed by atoms with Gasteiger partial charge in [0.25, 0.3) is 0 Å². The Morgan fingerprint density at radius 3 is 2.40 bits per heavy atom. The first-order chi connectivity index (χ1) is 7.15. The minimum Gasteiger partial charge on any atom is -0.490 e. The van der Waals surface area contributed by atoms with E-state index >= 15 is 0 Å². The van der Waals surface area contributed by atoms with Crippen LogP contribution in [0.15, 0.2) is 12.1 Å². The van der Waals surface area contributed by atoms with Crippen molar-refractivity contribution in [3.05, 3.63) is 27.2 Å². The van der Waals surface area contributed by atoms with Gasteiger partial charge < -0.3 is 4.74 Å². The SMILES string of the molecule is N#CSCCOc1c(Cl)cc(Cl)cc1Cl. The number of hydrogen-bond donors (Lipinski definition) is 0. The molecule has 0 unspecified atom stereocenters. The van der Waals surface area contributed by atoms with E-state index in [1.807, 2.05) is 5.40 Å². The van der Waals surface area contributed by atoms with Gasteiger partial charge in [-0.3, -0.25) is 0 Å². The van der Waals surface area contributed by atoms with Crippen molar-refractivity contribution in [3.8, 4) is 11.2 Å². The largest absolute Gasteiger partial charge is 0.490 e. The molecule has 0 aliphatic heterocycles. The van der Waals surface area contributed by atoms with E-state index in [9.17, 15) is 0 Å². The van der Waals surface area contributed by atoms with Gasteiger partial charge in [0.2, 0.25) is 0 Å². The lowest BCUT2D eigenvalue weighted by Crippen LogP contribution is -2.00. The van der Waals surface area contributed by atoms with E-state index in [0.29, 0.717) is 33.2 Å². The van der Waals surface area contributed by atoms with Gasteiger partial charge in [0.15, 0.2) is 5.75 Å². The minimum atomic E-state index is 0.370. The maximum Gasteiger partial charge on any atom is 0.156 e. The van der Waals surface area contributed by atoms with Crippen molar-refractivity contribution in [1.82, 2.24) is 0 Å². The monoisotopic (exact) mass is 281 g/mol. The molecule has 1 aromatic carbocycles. The first-order valence-corrected chi connectivity index (χ1v) is 6.05. The third-order valence-corrected chi connectivity index (χ3v) is 2.74. The molecule has 0 aromatic heterocycles. The number of rotatable bonds is 4. The molecule has 0 amide bonds. The Balaban J connectivity index is 2.65. The van der Waals surface area contributed by atoms with Gasteiger partial charge in [0.1, 0.15) is 5.40 Å². The lowest BCUT2D eigenvalue weighted by molar-refractivity contribution is 0.344. The second-order valence-electron chi connectivity index (χ2n) is 2.49. The standard InChI is InChI=1S/C9H6Cl3NOS/c10-6-3-7(11)9(8(12)4-6)14-1-2-15-5-13/h3-4H,1-2H2. The van der Waals surface area contributed by atoms with Crippen LogP contribution in [0.5, 0.6) is 5.75 Å². The van der Waals surface area contributed by atoms with Crippen molar-refractivity contribution in [2.45, 2.75) is 0 Å². The van der Waals surface area contributed by atoms with Gasteiger partial charge >= 0.3 is 0 Å². The number of hydrogen-bond acceptors (Lipinski definition) is 3. The fourth-order valence-corrected chi connectivity index (χ4v) is 2.08. The number of benzene rings is 1. The van der Waals surface area contributed by atoms with Crippen LogP contribution in [-0.2, 0) is 0 Å². The van der Waals surface area contributed by atoms with E-state index in [1.165, 1.54) is 0 Å². The molecule has 0 saturated heterocycles. The molecule has 0 saturated carbocycles. The predicted molar refractivity (Wildman–Crippen MR) is 65.0 cm³/mol. The highest BCUT2D eigenvalue weighted by Gasteiger charge is 2.08. The van der Waals surface area contributed by atoms with E-state index in [4.69, 9.17) is 44.8 Å². The normalized spacial score (nSPS) is 9.73. The average Bonchev–Trinajstić information content (AvgIpc) is 2.15. The summed E-state index contributed by atoms with van der Waals surface area (Å²) in [5.41, 5.74) is 0. The highest BCUT2D eigenvalue weighted by atomic mass is 35.5. The fraction of sp³-hybridized carbons (Fsp3) is 0.222. The van der Waals surface area contributed by atoms with Crippen molar-refractivity contribution in [1.29, 1.82) is 5.26 Å². The number of ether oxygens (including phenoxy) is 1. The Kier molecular flexibility index (Phi) is 5.41. The number of thioether (sulfide) groups is 1. The van der Waals surface area contributed by atoms with Gasteiger partial charge in [0, 0.05) is 10.8 Å². The molecule has 15 heavy (non-hydrogen) atoms. The van der Waals surface area contributed by atoms with Gasteiger partial charge in [-0.1, -0.05) is 34.8 Å². The van der Waals surface area contributed by atoms with Gasteiger partial charge in [0.05, 0.1) is 16.7 Å². The van der Waals surface area contributed by atoms with Crippen LogP contribution in [0.25, 0.3) is 0 Å². The maximum absolute atomic E-state index is 8.30. The molecule has 2 nitrogen and oxygen atoms in total. The van der Waals surface area contributed by atoms with Crippen molar-refractivity contribution in [2.75, 3.05) is 12.4 Å². The quantitative estimate of drug-likeness (QED) is 0.612. The molecule has 80 valence electrons. The summed E-state index contributed by atoms with van der Waals surface area (Å²) < 4.78 is 5.33. The second kappa shape index (κ2) is 6.34. The number of nitriles is 1. The van der Waals surface area contributed by atoms with Crippen LogP contribution >= 0.6 is 46.6 Å². The number of halogens is 3. The Hall–Kier alpha value is -0.270. The summed E-state index contributed by atoms with van der Waals surface area (Å²) in [6, 6.07) is 3.11. The van der Waals surface area contributed by atoms with E-state index < -0.39 is 0 Å². The number of nitrogens with zero attached hydrogens (tertiary/aromatic N) is 1. The third kappa shape index (κ3) is 4.00. The van der Waals surface area contributed by atoms with Crippen LogP contribution in [-0.4, -0.2) is 12.4 Å². The van der Waals surface area contributed by atoms with Gasteiger partial charge in [-0.2, -0.15) is 5.26 Å². The van der Waals surface area contributed by atoms with Crippen LogP contribution in [0.3, 0.4) is 0 Å². The molecule has 0 heterocycles. The van der Waals surface area contributed by atoms with Crippen molar-refractivity contribution in [2.24, 2.45) is 0 Å². The molecule has 6 heteroatoms. The van der Waals surface area contributed by atoms with E-state index in [0.717, 1.165) is 11.8 Å². The zero-order valence-electron chi connectivity index (χ0n) is 7.47. The molecule has 0 bridgehead atoms. The fourth-order valence-electron chi connectivity index (χ4n) is 0.898. The molecule has 0 atom stereocenters. The zero-order valence-corrected chi connectivity index (χ0v) is 10.6.